The summed E-state index contributed by atoms with van der Waals surface area (Å²) in [7, 11) is 0. The van der Waals surface area contributed by atoms with Gasteiger partial charge in [-0.2, -0.15) is 0 Å². The van der Waals surface area contributed by atoms with Crippen molar-refractivity contribution in [2.45, 2.75) is 31.7 Å². The number of fused-ring (bicyclic) bond motifs is 1. The van der Waals surface area contributed by atoms with Crippen LogP contribution in [0.3, 0.4) is 0 Å². The highest BCUT2D eigenvalue weighted by atomic mass is 16.4. The van der Waals surface area contributed by atoms with Crippen molar-refractivity contribution >= 4 is 22.7 Å². The SMILES string of the molecule is c1cc(C(N[C@@H]2CCCNC2)=C2CC2)c2[nH]c(-c3ccc(N4CCNCC4)o3)nc2n1. The number of imidazole rings is 1. The van der Waals surface area contributed by atoms with Gasteiger partial charge in [0.15, 0.2) is 23.1 Å². The number of hydrogen-bond acceptors (Lipinski definition) is 7. The van der Waals surface area contributed by atoms with E-state index in [2.05, 4.69) is 36.9 Å². The van der Waals surface area contributed by atoms with Crippen molar-refractivity contribution in [3.63, 3.8) is 0 Å². The smallest absolute Gasteiger partial charge is 0.196 e. The number of nitrogens with zero attached hydrogens (tertiary/aromatic N) is 3. The molecule has 0 spiro atoms. The van der Waals surface area contributed by atoms with Gasteiger partial charge in [0.1, 0.15) is 0 Å². The minimum Gasteiger partial charge on any atom is -0.437 e. The van der Waals surface area contributed by atoms with E-state index in [9.17, 15) is 0 Å². The molecular weight excluding hydrogens is 390 g/mol. The first-order chi connectivity index (χ1) is 15.3. The highest BCUT2D eigenvalue weighted by molar-refractivity contribution is 5.89. The zero-order valence-corrected chi connectivity index (χ0v) is 17.7. The monoisotopic (exact) mass is 419 g/mol. The summed E-state index contributed by atoms with van der Waals surface area (Å²) < 4.78 is 6.16. The van der Waals surface area contributed by atoms with Gasteiger partial charge in [-0.25, -0.2) is 9.97 Å². The summed E-state index contributed by atoms with van der Waals surface area (Å²) in [4.78, 5) is 15.1. The molecule has 0 bridgehead atoms. The third kappa shape index (κ3) is 3.81. The van der Waals surface area contributed by atoms with Gasteiger partial charge < -0.3 is 30.3 Å². The molecule has 3 aromatic rings. The van der Waals surface area contributed by atoms with Crippen molar-refractivity contribution in [2.75, 3.05) is 44.2 Å². The second-order valence-electron chi connectivity index (χ2n) is 8.68. The van der Waals surface area contributed by atoms with E-state index in [1.807, 2.05) is 18.3 Å². The maximum Gasteiger partial charge on any atom is 0.196 e. The summed E-state index contributed by atoms with van der Waals surface area (Å²) in [5, 5.41) is 10.7. The molecular formula is C23H29N7O. The molecule has 6 rings (SSSR count). The zero-order valence-electron chi connectivity index (χ0n) is 17.7. The molecule has 4 N–H and O–H groups in total. The lowest BCUT2D eigenvalue weighted by atomic mass is 10.1. The topological polar surface area (TPSA) is 94.0 Å². The molecule has 8 nitrogen and oxygen atoms in total. The van der Waals surface area contributed by atoms with E-state index in [1.54, 1.807) is 0 Å². The van der Waals surface area contributed by atoms with Gasteiger partial charge in [0.05, 0.1) is 5.52 Å². The van der Waals surface area contributed by atoms with Gasteiger partial charge in [-0.15, -0.1) is 0 Å². The van der Waals surface area contributed by atoms with Crippen LogP contribution in [0.5, 0.6) is 0 Å². The molecule has 2 saturated heterocycles. The van der Waals surface area contributed by atoms with Crippen LogP contribution in [0.15, 0.2) is 34.4 Å². The molecule has 1 atom stereocenters. The molecule has 0 aromatic carbocycles. The van der Waals surface area contributed by atoms with Gasteiger partial charge in [-0.1, -0.05) is 0 Å². The summed E-state index contributed by atoms with van der Waals surface area (Å²) in [5.41, 5.74) is 5.62. The van der Waals surface area contributed by atoms with Crippen LogP contribution in [0.4, 0.5) is 5.88 Å². The summed E-state index contributed by atoms with van der Waals surface area (Å²) in [6, 6.07) is 6.61. The van der Waals surface area contributed by atoms with E-state index in [0.717, 1.165) is 73.5 Å². The number of aromatic amines is 1. The number of H-pyrrole nitrogens is 1. The molecule has 0 amide bonds. The number of piperidine rings is 1. The predicted octanol–water partition coefficient (Wildman–Crippen LogP) is 2.47. The molecule has 8 heteroatoms. The van der Waals surface area contributed by atoms with Crippen molar-refractivity contribution in [3.8, 4) is 11.6 Å². The lowest BCUT2D eigenvalue weighted by molar-refractivity contribution is 0.426. The first kappa shape index (κ1) is 18.9. The average molecular weight is 420 g/mol. The second kappa shape index (κ2) is 8.01. The fourth-order valence-corrected chi connectivity index (χ4v) is 4.61. The van der Waals surface area contributed by atoms with Gasteiger partial charge in [-0.3, -0.25) is 0 Å². The average Bonchev–Trinajstić information content (AvgIpc) is 3.37. The van der Waals surface area contributed by atoms with E-state index in [4.69, 9.17) is 9.40 Å². The standard InChI is InChI=1S/C23H29N7O/c1-2-16(14-25-8-1)27-20(15-3-4-15)17-7-9-26-23-21(17)28-22(29-23)18-5-6-19(31-18)30-12-10-24-11-13-30/h5-7,9,16,24-25,27H,1-4,8,10-14H2,(H,26,28,29)/t16-/m1/s1. The highest BCUT2D eigenvalue weighted by Crippen LogP contribution is 2.37. The van der Waals surface area contributed by atoms with Crippen molar-refractivity contribution < 1.29 is 4.42 Å². The van der Waals surface area contributed by atoms with Crippen molar-refractivity contribution in [3.05, 3.63) is 35.5 Å². The van der Waals surface area contributed by atoms with E-state index in [-0.39, 0.29) is 0 Å². The van der Waals surface area contributed by atoms with E-state index in [1.165, 1.54) is 37.0 Å². The number of nitrogens with one attached hydrogen (secondary N) is 4. The molecule has 1 saturated carbocycles. The maximum absolute atomic E-state index is 6.16. The molecule has 5 heterocycles. The number of aromatic nitrogens is 3. The maximum atomic E-state index is 6.16. The Morgan fingerprint density at radius 1 is 1.10 bits per heavy atom. The Kier molecular flexibility index (Phi) is 4.88. The number of allylic oxidation sites excluding steroid dienone is 1. The summed E-state index contributed by atoms with van der Waals surface area (Å²) in [5.74, 6) is 2.38. The van der Waals surface area contributed by atoms with Crippen LogP contribution in [0.25, 0.3) is 28.4 Å². The third-order valence-corrected chi connectivity index (χ3v) is 6.41. The minimum absolute atomic E-state index is 0.467. The predicted molar refractivity (Wildman–Crippen MR) is 122 cm³/mol. The minimum atomic E-state index is 0.467. The summed E-state index contributed by atoms with van der Waals surface area (Å²) in [6.45, 7) is 6.01. The Hall–Kier alpha value is -2.84. The Labute approximate surface area is 181 Å². The van der Waals surface area contributed by atoms with E-state index >= 15 is 0 Å². The molecule has 2 aliphatic heterocycles. The van der Waals surface area contributed by atoms with Crippen LogP contribution in [-0.4, -0.2) is 60.3 Å². The van der Waals surface area contributed by atoms with Crippen LogP contribution < -0.4 is 20.9 Å². The fourth-order valence-electron chi connectivity index (χ4n) is 4.61. The number of anilines is 1. The fraction of sp³-hybridized carbons (Fsp3) is 0.478. The number of pyridine rings is 1. The lowest BCUT2D eigenvalue weighted by Gasteiger charge is -2.26. The number of furan rings is 1. The summed E-state index contributed by atoms with van der Waals surface area (Å²) >= 11 is 0. The van der Waals surface area contributed by atoms with Crippen LogP contribution in [0.1, 0.15) is 31.2 Å². The molecule has 31 heavy (non-hydrogen) atoms. The molecule has 3 fully saturated rings. The van der Waals surface area contributed by atoms with Gasteiger partial charge in [-0.05, 0) is 49.9 Å². The number of hydrogen-bond donors (Lipinski definition) is 4. The molecule has 1 aliphatic carbocycles. The summed E-state index contributed by atoms with van der Waals surface area (Å²) in [6.07, 6.45) is 6.61. The number of rotatable bonds is 5. The molecule has 3 aromatic heterocycles. The Balaban J connectivity index is 1.32. The van der Waals surface area contributed by atoms with Crippen molar-refractivity contribution in [2.24, 2.45) is 0 Å². The zero-order chi connectivity index (χ0) is 20.6. The third-order valence-electron chi connectivity index (χ3n) is 6.41. The van der Waals surface area contributed by atoms with Crippen LogP contribution in [-0.2, 0) is 0 Å². The van der Waals surface area contributed by atoms with Crippen molar-refractivity contribution in [1.82, 2.24) is 30.9 Å². The van der Waals surface area contributed by atoms with Gasteiger partial charge in [0.2, 0.25) is 0 Å². The van der Waals surface area contributed by atoms with Crippen LogP contribution in [0, 0.1) is 0 Å². The largest absolute Gasteiger partial charge is 0.437 e. The van der Waals surface area contributed by atoms with Gasteiger partial charge >= 0.3 is 0 Å². The normalized spacial score (nSPS) is 21.5. The van der Waals surface area contributed by atoms with Crippen molar-refractivity contribution in [1.29, 1.82) is 0 Å². The quantitative estimate of drug-likeness (QED) is 0.505. The molecule has 0 radical (unpaired) electrons. The Bertz CT molecular complexity index is 1100. The molecule has 3 aliphatic rings. The first-order valence-electron chi connectivity index (χ1n) is 11.5. The number of piperazine rings is 1. The molecule has 162 valence electrons. The lowest BCUT2D eigenvalue weighted by Crippen LogP contribution is -2.43. The van der Waals surface area contributed by atoms with Crippen LogP contribution >= 0.6 is 0 Å². The van der Waals surface area contributed by atoms with E-state index < -0.39 is 0 Å². The second-order valence-corrected chi connectivity index (χ2v) is 8.68. The van der Waals surface area contributed by atoms with Crippen LogP contribution in [0.2, 0.25) is 0 Å². The Morgan fingerprint density at radius 2 is 2.00 bits per heavy atom. The molecule has 0 unspecified atom stereocenters. The van der Waals surface area contributed by atoms with Gasteiger partial charge in [0.25, 0.3) is 0 Å². The van der Waals surface area contributed by atoms with Gasteiger partial charge in [0, 0.05) is 62.3 Å². The van der Waals surface area contributed by atoms with E-state index in [0.29, 0.717) is 6.04 Å². The Morgan fingerprint density at radius 3 is 2.81 bits per heavy atom. The first-order valence-corrected chi connectivity index (χ1v) is 11.5. The highest BCUT2D eigenvalue weighted by Gasteiger charge is 2.25.